The fourth-order valence-electron chi connectivity index (χ4n) is 2.41. The van der Waals surface area contributed by atoms with Crippen LogP contribution in [0.1, 0.15) is 17.4 Å². The van der Waals surface area contributed by atoms with Gasteiger partial charge in [-0.05, 0) is 43.3 Å². The van der Waals surface area contributed by atoms with Crippen LogP contribution in [0.15, 0.2) is 35.1 Å². The van der Waals surface area contributed by atoms with Crippen molar-refractivity contribution in [3.8, 4) is 5.69 Å². The maximum atomic E-state index is 12.8. The maximum absolute atomic E-state index is 12.8. The van der Waals surface area contributed by atoms with E-state index in [1.807, 2.05) is 37.3 Å². The fourth-order valence-corrected chi connectivity index (χ4v) is 3.90. The zero-order chi connectivity index (χ0) is 14.3. The number of nitrogens with one attached hydrogen (secondary N) is 1. The number of rotatable bonds is 2. The van der Waals surface area contributed by atoms with Crippen LogP contribution < -0.4 is 5.56 Å². The topological polar surface area (TPSA) is 37.8 Å². The Hall–Kier alpha value is -1.72. The van der Waals surface area contributed by atoms with Gasteiger partial charge in [-0.25, -0.2) is 0 Å². The van der Waals surface area contributed by atoms with Crippen LogP contribution in [0.25, 0.3) is 15.9 Å². The van der Waals surface area contributed by atoms with E-state index in [-0.39, 0.29) is 5.56 Å². The molecule has 0 aliphatic carbocycles. The molecule has 2 heterocycles. The lowest BCUT2D eigenvalue weighted by Gasteiger charge is -2.06. The molecule has 1 N–H and O–H groups in total. The Labute approximate surface area is 125 Å². The van der Waals surface area contributed by atoms with Crippen molar-refractivity contribution in [2.45, 2.75) is 20.3 Å². The van der Waals surface area contributed by atoms with Gasteiger partial charge in [0.25, 0.3) is 5.56 Å². The third kappa shape index (κ3) is 1.94. The molecule has 0 radical (unpaired) electrons. The van der Waals surface area contributed by atoms with Gasteiger partial charge >= 0.3 is 0 Å². The number of fused-ring (bicyclic) bond motifs is 1. The zero-order valence-corrected chi connectivity index (χ0v) is 12.9. The van der Waals surface area contributed by atoms with E-state index in [9.17, 15) is 4.79 Å². The van der Waals surface area contributed by atoms with Gasteiger partial charge in [0.1, 0.15) is 4.83 Å². The first kappa shape index (κ1) is 13.3. The van der Waals surface area contributed by atoms with E-state index in [1.54, 1.807) is 15.9 Å². The standard InChI is InChI=1S/C15H14N2OS2/c1-3-11-9(2)12-13(20-11)16-15(19)17(14(12)18)10-7-5-4-6-8-10/h4-8H,3H2,1-2H3,(H,16,19). The summed E-state index contributed by atoms with van der Waals surface area (Å²) in [5.74, 6) is 0. The third-order valence-electron chi connectivity index (χ3n) is 3.42. The summed E-state index contributed by atoms with van der Waals surface area (Å²) < 4.78 is 2.01. The summed E-state index contributed by atoms with van der Waals surface area (Å²) in [7, 11) is 0. The molecule has 3 aromatic rings. The number of aromatic nitrogens is 2. The number of hydrogen-bond donors (Lipinski definition) is 1. The van der Waals surface area contributed by atoms with Gasteiger partial charge in [0, 0.05) is 4.88 Å². The quantitative estimate of drug-likeness (QED) is 0.727. The van der Waals surface area contributed by atoms with E-state index in [4.69, 9.17) is 12.2 Å². The van der Waals surface area contributed by atoms with Gasteiger partial charge in [-0.3, -0.25) is 9.36 Å². The highest BCUT2D eigenvalue weighted by atomic mass is 32.1. The van der Waals surface area contributed by atoms with E-state index in [0.717, 1.165) is 27.9 Å². The SMILES string of the molecule is CCc1sc2[nH]c(=S)n(-c3ccccc3)c(=O)c2c1C. The second-order valence-corrected chi connectivity index (χ2v) is 6.11. The molecule has 3 rings (SSSR count). The van der Waals surface area contributed by atoms with Crippen LogP contribution in [0, 0.1) is 11.7 Å². The van der Waals surface area contributed by atoms with E-state index < -0.39 is 0 Å². The molecule has 2 aromatic heterocycles. The minimum Gasteiger partial charge on any atom is -0.323 e. The van der Waals surface area contributed by atoms with Crippen molar-refractivity contribution in [1.29, 1.82) is 0 Å². The molecule has 0 spiro atoms. The lowest BCUT2D eigenvalue weighted by Crippen LogP contribution is -2.20. The predicted octanol–water partition coefficient (Wildman–Crippen LogP) is 3.98. The Balaban J connectivity index is 2.44. The minimum absolute atomic E-state index is 0.0385. The van der Waals surface area contributed by atoms with E-state index >= 15 is 0 Å². The number of aromatic amines is 1. The normalized spacial score (nSPS) is 11.1. The molecule has 0 aliphatic rings. The number of thiophene rings is 1. The summed E-state index contributed by atoms with van der Waals surface area (Å²) in [5.41, 5.74) is 1.82. The van der Waals surface area contributed by atoms with Gasteiger partial charge in [-0.1, -0.05) is 25.1 Å². The predicted molar refractivity (Wildman–Crippen MR) is 86.7 cm³/mol. The molecule has 102 valence electrons. The minimum atomic E-state index is -0.0385. The van der Waals surface area contributed by atoms with Gasteiger partial charge in [0.05, 0.1) is 11.1 Å². The van der Waals surface area contributed by atoms with E-state index in [0.29, 0.717) is 4.77 Å². The lowest BCUT2D eigenvalue weighted by atomic mass is 10.2. The summed E-state index contributed by atoms with van der Waals surface area (Å²) in [4.78, 5) is 18.1. The summed E-state index contributed by atoms with van der Waals surface area (Å²) in [6.45, 7) is 4.10. The van der Waals surface area contributed by atoms with Crippen LogP contribution in [0.2, 0.25) is 0 Å². The van der Waals surface area contributed by atoms with Crippen molar-refractivity contribution in [3.05, 3.63) is 55.9 Å². The molecular weight excluding hydrogens is 288 g/mol. The number of aryl methyl sites for hydroxylation is 2. The third-order valence-corrected chi connectivity index (χ3v) is 5.06. The van der Waals surface area contributed by atoms with Gasteiger partial charge in [0.2, 0.25) is 0 Å². The Bertz CT molecular complexity index is 888. The zero-order valence-electron chi connectivity index (χ0n) is 11.3. The molecule has 0 atom stereocenters. The molecule has 0 saturated heterocycles. The highest BCUT2D eigenvalue weighted by Crippen LogP contribution is 2.27. The Morgan fingerprint density at radius 2 is 2.00 bits per heavy atom. The number of nitrogens with zero attached hydrogens (tertiary/aromatic N) is 1. The Morgan fingerprint density at radius 1 is 1.30 bits per heavy atom. The second kappa shape index (κ2) is 5.00. The molecular formula is C15H14N2OS2. The number of benzene rings is 1. The van der Waals surface area contributed by atoms with Crippen molar-refractivity contribution in [1.82, 2.24) is 9.55 Å². The van der Waals surface area contributed by atoms with Crippen LogP contribution in [0.5, 0.6) is 0 Å². The molecule has 0 saturated carbocycles. The summed E-state index contributed by atoms with van der Waals surface area (Å²) in [6, 6.07) is 9.50. The van der Waals surface area contributed by atoms with E-state index in [1.165, 1.54) is 4.88 Å². The van der Waals surface area contributed by atoms with Gasteiger partial charge in [-0.15, -0.1) is 11.3 Å². The second-order valence-electron chi connectivity index (χ2n) is 4.61. The van der Waals surface area contributed by atoms with Gasteiger partial charge in [0.15, 0.2) is 4.77 Å². The average molecular weight is 302 g/mol. The number of hydrogen-bond acceptors (Lipinski definition) is 3. The van der Waals surface area contributed by atoms with Crippen LogP contribution in [-0.4, -0.2) is 9.55 Å². The molecule has 0 bridgehead atoms. The first-order valence-electron chi connectivity index (χ1n) is 6.46. The van der Waals surface area contributed by atoms with Crippen molar-refractivity contribution in [3.63, 3.8) is 0 Å². The van der Waals surface area contributed by atoms with Gasteiger partial charge < -0.3 is 4.98 Å². The molecule has 3 nitrogen and oxygen atoms in total. The largest absolute Gasteiger partial charge is 0.323 e. The van der Waals surface area contributed by atoms with Crippen LogP contribution in [-0.2, 0) is 6.42 Å². The monoisotopic (exact) mass is 302 g/mol. The lowest BCUT2D eigenvalue weighted by molar-refractivity contribution is 0.942. The summed E-state index contributed by atoms with van der Waals surface area (Å²) >= 11 is 6.97. The molecule has 0 fully saturated rings. The molecule has 20 heavy (non-hydrogen) atoms. The van der Waals surface area contributed by atoms with Crippen LogP contribution >= 0.6 is 23.6 Å². The van der Waals surface area contributed by atoms with E-state index in [2.05, 4.69) is 11.9 Å². The molecule has 0 unspecified atom stereocenters. The highest BCUT2D eigenvalue weighted by molar-refractivity contribution is 7.71. The Morgan fingerprint density at radius 3 is 2.65 bits per heavy atom. The summed E-state index contributed by atoms with van der Waals surface area (Å²) in [5, 5.41) is 0.754. The van der Waals surface area contributed by atoms with Crippen molar-refractivity contribution in [2.24, 2.45) is 0 Å². The van der Waals surface area contributed by atoms with Crippen molar-refractivity contribution in [2.75, 3.05) is 0 Å². The maximum Gasteiger partial charge on any atom is 0.267 e. The Kier molecular flexibility index (Phi) is 3.31. The molecule has 0 aliphatic heterocycles. The fraction of sp³-hybridized carbons (Fsp3) is 0.200. The van der Waals surface area contributed by atoms with Crippen molar-refractivity contribution < 1.29 is 0 Å². The van der Waals surface area contributed by atoms with Gasteiger partial charge in [-0.2, -0.15) is 0 Å². The van der Waals surface area contributed by atoms with Crippen LogP contribution in [0.4, 0.5) is 0 Å². The highest BCUT2D eigenvalue weighted by Gasteiger charge is 2.14. The summed E-state index contributed by atoms with van der Waals surface area (Å²) in [6.07, 6.45) is 0.927. The molecule has 1 aromatic carbocycles. The van der Waals surface area contributed by atoms with Crippen LogP contribution in [0.3, 0.4) is 0 Å². The number of H-pyrrole nitrogens is 1. The number of para-hydroxylation sites is 1. The van der Waals surface area contributed by atoms with Crippen molar-refractivity contribution >= 4 is 33.8 Å². The smallest absolute Gasteiger partial charge is 0.267 e. The molecule has 0 amide bonds. The first-order chi connectivity index (χ1) is 9.63. The average Bonchev–Trinajstić information content (AvgIpc) is 2.76. The first-order valence-corrected chi connectivity index (χ1v) is 7.68. The molecule has 5 heteroatoms.